The van der Waals surface area contributed by atoms with Gasteiger partial charge in [-0.3, -0.25) is 9.89 Å². The molecule has 0 aliphatic carbocycles. The minimum atomic E-state index is -0.221. The summed E-state index contributed by atoms with van der Waals surface area (Å²) < 4.78 is 19.1. The average molecular weight is 478 g/mol. The number of hydrogen-bond acceptors (Lipinski definition) is 3. The lowest BCUT2D eigenvalue weighted by atomic mass is 10.0. The third-order valence-electron chi connectivity index (χ3n) is 4.49. The highest BCUT2D eigenvalue weighted by Crippen LogP contribution is 2.23. The van der Waals surface area contributed by atoms with Crippen LogP contribution in [0.25, 0.3) is 0 Å². The molecule has 1 aromatic rings. The van der Waals surface area contributed by atoms with Crippen LogP contribution in [0.4, 0.5) is 4.39 Å². The van der Waals surface area contributed by atoms with Crippen molar-refractivity contribution in [3.05, 3.63) is 35.6 Å². The first-order chi connectivity index (χ1) is 12.2. The predicted octanol–water partition coefficient (Wildman–Crippen LogP) is 3.30. The fourth-order valence-corrected chi connectivity index (χ4v) is 3.04. The predicted molar refractivity (Wildman–Crippen MR) is 116 cm³/mol. The molecule has 0 radical (unpaired) electrons. The van der Waals surface area contributed by atoms with Crippen molar-refractivity contribution in [2.24, 2.45) is 10.7 Å². The Labute approximate surface area is 173 Å². The second kappa shape index (κ2) is 13.3. The lowest BCUT2D eigenvalue weighted by molar-refractivity contribution is 0.0179. The number of rotatable bonds is 9. The first kappa shape index (κ1) is 23.1. The van der Waals surface area contributed by atoms with Crippen molar-refractivity contribution in [2.75, 3.05) is 39.4 Å². The molecule has 0 amide bonds. The molecule has 1 aromatic carbocycles. The molecule has 1 aliphatic rings. The third kappa shape index (κ3) is 8.18. The zero-order valence-electron chi connectivity index (χ0n) is 15.6. The minimum Gasteiger partial charge on any atom is -0.379 e. The van der Waals surface area contributed by atoms with Crippen LogP contribution in [0.15, 0.2) is 29.3 Å². The van der Waals surface area contributed by atoms with E-state index in [9.17, 15) is 4.39 Å². The van der Waals surface area contributed by atoms with Crippen LogP contribution >= 0.6 is 24.0 Å². The van der Waals surface area contributed by atoms with Crippen LogP contribution in [0.5, 0.6) is 0 Å². The largest absolute Gasteiger partial charge is 0.379 e. The van der Waals surface area contributed by atoms with Crippen molar-refractivity contribution >= 4 is 29.9 Å². The SMILES string of the molecule is CCCCCCNC(N)=NCC(c1cccc(F)c1)N1CCOCC1.I. The Balaban J connectivity index is 0.00000338. The van der Waals surface area contributed by atoms with Gasteiger partial charge in [-0.1, -0.05) is 38.3 Å². The van der Waals surface area contributed by atoms with E-state index in [1.165, 1.54) is 25.3 Å². The molecule has 1 unspecified atom stereocenters. The maximum atomic E-state index is 13.6. The number of unbranched alkanes of at least 4 members (excludes halogenated alkanes) is 3. The molecule has 1 saturated heterocycles. The van der Waals surface area contributed by atoms with E-state index in [0.717, 1.165) is 31.6 Å². The number of nitrogens with two attached hydrogens (primary N) is 1. The van der Waals surface area contributed by atoms with E-state index < -0.39 is 0 Å². The van der Waals surface area contributed by atoms with E-state index in [1.807, 2.05) is 6.07 Å². The van der Waals surface area contributed by atoms with E-state index in [-0.39, 0.29) is 35.8 Å². The van der Waals surface area contributed by atoms with Crippen molar-refractivity contribution in [2.45, 2.75) is 38.6 Å². The van der Waals surface area contributed by atoms with Gasteiger partial charge in [0, 0.05) is 19.6 Å². The van der Waals surface area contributed by atoms with Gasteiger partial charge < -0.3 is 15.8 Å². The summed E-state index contributed by atoms with van der Waals surface area (Å²) in [5.41, 5.74) is 6.93. The van der Waals surface area contributed by atoms with Crippen LogP contribution in [0.1, 0.15) is 44.2 Å². The highest BCUT2D eigenvalue weighted by Gasteiger charge is 2.22. The normalized spacial score (nSPS) is 16.8. The summed E-state index contributed by atoms with van der Waals surface area (Å²) in [7, 11) is 0. The Morgan fingerprint density at radius 2 is 2.08 bits per heavy atom. The van der Waals surface area contributed by atoms with Crippen LogP contribution in [-0.4, -0.2) is 50.3 Å². The first-order valence-corrected chi connectivity index (χ1v) is 9.31. The number of hydrogen-bond donors (Lipinski definition) is 2. The van der Waals surface area contributed by atoms with E-state index in [1.54, 1.807) is 12.1 Å². The number of nitrogens with one attached hydrogen (secondary N) is 1. The number of guanidine groups is 1. The third-order valence-corrected chi connectivity index (χ3v) is 4.49. The second-order valence-electron chi connectivity index (χ2n) is 6.43. The van der Waals surface area contributed by atoms with Gasteiger partial charge in [-0.2, -0.15) is 0 Å². The van der Waals surface area contributed by atoms with E-state index in [4.69, 9.17) is 10.5 Å². The zero-order valence-corrected chi connectivity index (χ0v) is 18.0. The van der Waals surface area contributed by atoms with Gasteiger partial charge in [-0.05, 0) is 24.1 Å². The molecule has 5 nitrogen and oxygen atoms in total. The van der Waals surface area contributed by atoms with Crippen LogP contribution in [0.3, 0.4) is 0 Å². The molecular formula is C19H32FIN4O. The molecule has 1 atom stereocenters. The number of aliphatic imine (C=N–C) groups is 1. The Bertz CT molecular complexity index is 538. The maximum Gasteiger partial charge on any atom is 0.188 e. The van der Waals surface area contributed by atoms with Crippen molar-refractivity contribution in [3.63, 3.8) is 0 Å². The quantitative estimate of drug-likeness (QED) is 0.248. The van der Waals surface area contributed by atoms with E-state index >= 15 is 0 Å². The molecule has 0 saturated carbocycles. The highest BCUT2D eigenvalue weighted by molar-refractivity contribution is 14.0. The summed E-state index contributed by atoms with van der Waals surface area (Å²) in [6.07, 6.45) is 4.77. The topological polar surface area (TPSA) is 62.9 Å². The van der Waals surface area contributed by atoms with Crippen molar-refractivity contribution in [1.29, 1.82) is 0 Å². The summed E-state index contributed by atoms with van der Waals surface area (Å²) in [5, 5.41) is 3.17. The molecule has 1 heterocycles. The van der Waals surface area contributed by atoms with Crippen LogP contribution in [-0.2, 0) is 4.74 Å². The molecule has 1 fully saturated rings. The van der Waals surface area contributed by atoms with E-state index in [0.29, 0.717) is 25.7 Å². The van der Waals surface area contributed by atoms with Crippen molar-refractivity contribution in [1.82, 2.24) is 10.2 Å². The second-order valence-corrected chi connectivity index (χ2v) is 6.43. The smallest absolute Gasteiger partial charge is 0.188 e. The lowest BCUT2D eigenvalue weighted by Crippen LogP contribution is -2.41. The molecule has 0 bridgehead atoms. The van der Waals surface area contributed by atoms with Gasteiger partial charge in [0.15, 0.2) is 5.96 Å². The summed E-state index contributed by atoms with van der Waals surface area (Å²) in [5.74, 6) is 0.243. The van der Waals surface area contributed by atoms with Crippen molar-refractivity contribution in [3.8, 4) is 0 Å². The molecule has 0 spiro atoms. The van der Waals surface area contributed by atoms with Crippen molar-refractivity contribution < 1.29 is 9.13 Å². The minimum absolute atomic E-state index is 0. The Hall–Kier alpha value is -0.930. The molecular weight excluding hydrogens is 446 g/mol. The monoisotopic (exact) mass is 478 g/mol. The van der Waals surface area contributed by atoms with Crippen LogP contribution in [0, 0.1) is 5.82 Å². The Kier molecular flexibility index (Phi) is 11.8. The van der Waals surface area contributed by atoms with Gasteiger partial charge in [0.2, 0.25) is 0 Å². The van der Waals surface area contributed by atoms with Crippen LogP contribution in [0.2, 0.25) is 0 Å². The van der Waals surface area contributed by atoms with Gasteiger partial charge in [0.25, 0.3) is 0 Å². The number of halogens is 2. The van der Waals surface area contributed by atoms with Gasteiger partial charge in [-0.25, -0.2) is 4.39 Å². The maximum absolute atomic E-state index is 13.6. The lowest BCUT2D eigenvalue weighted by Gasteiger charge is -2.34. The summed E-state index contributed by atoms with van der Waals surface area (Å²) in [6.45, 7) is 6.58. The summed E-state index contributed by atoms with van der Waals surface area (Å²) in [6, 6.07) is 6.77. The highest BCUT2D eigenvalue weighted by atomic mass is 127. The molecule has 148 valence electrons. The molecule has 3 N–H and O–H groups in total. The number of benzene rings is 1. The fourth-order valence-electron chi connectivity index (χ4n) is 3.04. The Morgan fingerprint density at radius 3 is 2.77 bits per heavy atom. The zero-order chi connectivity index (χ0) is 17.9. The van der Waals surface area contributed by atoms with Gasteiger partial charge >= 0.3 is 0 Å². The molecule has 26 heavy (non-hydrogen) atoms. The number of nitrogens with zero attached hydrogens (tertiary/aromatic N) is 2. The van der Waals surface area contributed by atoms with E-state index in [2.05, 4.69) is 22.1 Å². The fraction of sp³-hybridized carbons (Fsp3) is 0.632. The molecule has 2 rings (SSSR count). The number of ether oxygens (including phenoxy) is 1. The number of morpholine rings is 1. The first-order valence-electron chi connectivity index (χ1n) is 9.31. The molecule has 0 aromatic heterocycles. The summed E-state index contributed by atoms with van der Waals surface area (Å²) >= 11 is 0. The Morgan fingerprint density at radius 1 is 1.31 bits per heavy atom. The summed E-state index contributed by atoms with van der Waals surface area (Å²) in [4.78, 5) is 6.79. The van der Waals surface area contributed by atoms with Gasteiger partial charge in [0.1, 0.15) is 5.82 Å². The molecule has 7 heteroatoms. The van der Waals surface area contributed by atoms with Gasteiger partial charge in [-0.15, -0.1) is 24.0 Å². The standard InChI is InChI=1S/C19H31FN4O.HI/c1-2-3-4-5-9-22-19(21)23-15-18(24-10-12-25-13-11-24)16-7-6-8-17(20)14-16;/h6-8,14,18H,2-5,9-13,15H2,1H3,(H3,21,22,23);1H. The average Bonchev–Trinajstić information content (AvgIpc) is 2.63. The van der Waals surface area contributed by atoms with Crippen LogP contribution < -0.4 is 11.1 Å². The van der Waals surface area contributed by atoms with Gasteiger partial charge in [0.05, 0.1) is 25.8 Å². The molecule has 1 aliphatic heterocycles.